The van der Waals surface area contributed by atoms with Crippen LogP contribution in [-0.4, -0.2) is 37.3 Å². The van der Waals surface area contributed by atoms with E-state index in [0.717, 1.165) is 28.8 Å². The summed E-state index contributed by atoms with van der Waals surface area (Å²) in [5.74, 6) is 1.03. The van der Waals surface area contributed by atoms with Crippen LogP contribution >= 0.6 is 0 Å². The lowest BCUT2D eigenvalue weighted by molar-refractivity contribution is 0.0733. The minimum Gasteiger partial charge on any atom is -0.334 e. The Kier molecular flexibility index (Phi) is 4.86. The van der Waals surface area contributed by atoms with Crippen LogP contribution in [0.15, 0.2) is 59.1 Å². The number of amides is 1. The number of rotatable bonds is 4. The molecule has 0 unspecified atom stereocenters. The maximum absolute atomic E-state index is 13.0. The van der Waals surface area contributed by atoms with Crippen LogP contribution in [-0.2, 0) is 26.4 Å². The Balaban J connectivity index is 1.41. The van der Waals surface area contributed by atoms with Crippen LogP contribution in [0.2, 0.25) is 0 Å². The summed E-state index contributed by atoms with van der Waals surface area (Å²) in [6.45, 7) is 3.14. The summed E-state index contributed by atoms with van der Waals surface area (Å²) in [6.07, 6.45) is 1.33. The summed E-state index contributed by atoms with van der Waals surface area (Å²) in [6, 6.07) is 17.7. The molecule has 0 radical (unpaired) electrons. The van der Waals surface area contributed by atoms with E-state index in [1.54, 1.807) is 0 Å². The van der Waals surface area contributed by atoms with Gasteiger partial charge in [0.2, 0.25) is 0 Å². The van der Waals surface area contributed by atoms with Crippen molar-refractivity contribution in [2.75, 3.05) is 6.54 Å². The van der Waals surface area contributed by atoms with Crippen LogP contribution in [0, 0.1) is 6.92 Å². The molecule has 2 aromatic carbocycles. The quantitative estimate of drug-likeness (QED) is 0.511. The second-order valence-electron chi connectivity index (χ2n) is 7.92. The van der Waals surface area contributed by atoms with Gasteiger partial charge in [-0.25, -0.2) is 0 Å². The van der Waals surface area contributed by atoms with Crippen LogP contribution < -0.4 is 0 Å². The minimum absolute atomic E-state index is 0.0238. The highest BCUT2D eigenvalue weighted by molar-refractivity contribution is 5.94. The van der Waals surface area contributed by atoms with Crippen LogP contribution in [0.4, 0.5) is 0 Å². The molecule has 0 N–H and O–H groups in total. The van der Waals surface area contributed by atoms with Gasteiger partial charge in [0.25, 0.3) is 11.8 Å². The number of carbonyl (C=O) groups is 1. The van der Waals surface area contributed by atoms with Crippen LogP contribution in [0.1, 0.15) is 38.6 Å². The third-order valence-corrected chi connectivity index (χ3v) is 5.70. The largest absolute Gasteiger partial charge is 0.334 e. The topological polar surface area (TPSA) is 77.1 Å². The summed E-state index contributed by atoms with van der Waals surface area (Å²) in [4.78, 5) is 19.5. The van der Waals surface area contributed by atoms with Crippen molar-refractivity contribution in [2.24, 2.45) is 7.05 Å². The monoisotopic (exact) mass is 413 g/mol. The van der Waals surface area contributed by atoms with Crippen LogP contribution in [0.3, 0.4) is 0 Å². The Morgan fingerprint density at radius 2 is 1.87 bits per heavy atom. The Labute approximate surface area is 180 Å². The van der Waals surface area contributed by atoms with Crippen molar-refractivity contribution in [3.8, 4) is 11.6 Å². The fourth-order valence-electron chi connectivity index (χ4n) is 4.02. The van der Waals surface area contributed by atoms with Gasteiger partial charge in [-0.1, -0.05) is 53.2 Å². The molecule has 7 nitrogen and oxygen atoms in total. The lowest BCUT2D eigenvalue weighted by Crippen LogP contribution is -2.36. The molecule has 2 aromatic heterocycles. The molecule has 0 fully saturated rings. The van der Waals surface area contributed by atoms with Gasteiger partial charge < -0.3 is 9.42 Å². The van der Waals surface area contributed by atoms with Crippen molar-refractivity contribution in [2.45, 2.75) is 26.3 Å². The smallest absolute Gasteiger partial charge is 0.278 e. The van der Waals surface area contributed by atoms with Gasteiger partial charge in [0, 0.05) is 43.3 Å². The predicted molar refractivity (Wildman–Crippen MR) is 115 cm³/mol. The number of hydrogen-bond acceptors (Lipinski definition) is 5. The van der Waals surface area contributed by atoms with Gasteiger partial charge in [0.1, 0.15) is 0 Å². The zero-order valence-corrected chi connectivity index (χ0v) is 17.6. The van der Waals surface area contributed by atoms with Gasteiger partial charge in [-0.15, -0.1) is 0 Å². The number of nitrogens with zero attached hydrogens (tertiary/aromatic N) is 5. The van der Waals surface area contributed by atoms with E-state index in [0.29, 0.717) is 42.5 Å². The molecule has 0 aliphatic carbocycles. The first-order valence-corrected chi connectivity index (χ1v) is 10.4. The van der Waals surface area contributed by atoms with E-state index < -0.39 is 0 Å². The van der Waals surface area contributed by atoms with E-state index in [1.807, 2.05) is 78.2 Å². The molecule has 0 atom stereocenters. The molecule has 0 saturated heterocycles. The summed E-state index contributed by atoms with van der Waals surface area (Å²) in [5.41, 5.74) is 5.69. The molecule has 7 heteroatoms. The van der Waals surface area contributed by atoms with E-state index in [-0.39, 0.29) is 5.91 Å². The number of benzene rings is 2. The summed E-state index contributed by atoms with van der Waals surface area (Å²) < 4.78 is 7.42. The normalized spacial score (nSPS) is 13.3. The molecule has 3 heterocycles. The third kappa shape index (κ3) is 3.74. The van der Waals surface area contributed by atoms with Crippen molar-refractivity contribution in [3.63, 3.8) is 0 Å². The second-order valence-corrected chi connectivity index (χ2v) is 7.92. The van der Waals surface area contributed by atoms with Crippen LogP contribution in [0.25, 0.3) is 11.6 Å². The van der Waals surface area contributed by atoms with Gasteiger partial charge >= 0.3 is 0 Å². The molecular formula is C24H23N5O2. The molecule has 156 valence electrons. The van der Waals surface area contributed by atoms with Crippen molar-refractivity contribution >= 4 is 5.91 Å². The number of carbonyl (C=O) groups excluding carboxylic acids is 1. The molecular weight excluding hydrogens is 390 g/mol. The number of hydrogen-bond donors (Lipinski definition) is 0. The number of aryl methyl sites for hydroxylation is 2. The summed E-state index contributed by atoms with van der Waals surface area (Å²) >= 11 is 0. The Morgan fingerprint density at radius 3 is 2.65 bits per heavy atom. The Hall–Kier alpha value is -3.74. The molecule has 1 aliphatic rings. The molecule has 4 aromatic rings. The van der Waals surface area contributed by atoms with Crippen molar-refractivity contribution < 1.29 is 9.32 Å². The fourth-order valence-corrected chi connectivity index (χ4v) is 4.02. The molecule has 0 bridgehead atoms. The SMILES string of the molecule is Cc1ccc(C(=O)N2CCc3c(c(-c4nc(Cc5ccccc5)no4)nn3C)C2)cc1. The van der Waals surface area contributed by atoms with E-state index in [2.05, 4.69) is 15.2 Å². The highest BCUT2D eigenvalue weighted by atomic mass is 16.5. The molecule has 5 rings (SSSR count). The minimum atomic E-state index is 0.0238. The van der Waals surface area contributed by atoms with E-state index in [1.165, 1.54) is 0 Å². The summed E-state index contributed by atoms with van der Waals surface area (Å²) in [5, 5.41) is 8.78. The zero-order chi connectivity index (χ0) is 21.4. The maximum atomic E-state index is 13.0. The average Bonchev–Trinajstić information content (AvgIpc) is 3.38. The lowest BCUT2D eigenvalue weighted by atomic mass is 10.0. The van der Waals surface area contributed by atoms with Crippen molar-refractivity contribution in [1.82, 2.24) is 24.8 Å². The van der Waals surface area contributed by atoms with E-state index in [4.69, 9.17) is 4.52 Å². The molecule has 0 saturated carbocycles. The molecule has 1 amide bonds. The van der Waals surface area contributed by atoms with Crippen LogP contribution in [0.5, 0.6) is 0 Å². The van der Waals surface area contributed by atoms with Gasteiger partial charge in [0.05, 0.1) is 6.54 Å². The Bertz CT molecular complexity index is 1220. The first kappa shape index (κ1) is 19.2. The van der Waals surface area contributed by atoms with E-state index >= 15 is 0 Å². The third-order valence-electron chi connectivity index (χ3n) is 5.70. The highest BCUT2D eigenvalue weighted by Crippen LogP contribution is 2.29. The average molecular weight is 413 g/mol. The predicted octanol–water partition coefficient (Wildman–Crippen LogP) is 3.57. The van der Waals surface area contributed by atoms with E-state index in [9.17, 15) is 4.79 Å². The van der Waals surface area contributed by atoms with Gasteiger partial charge in [-0.05, 0) is 24.6 Å². The van der Waals surface area contributed by atoms with Crippen molar-refractivity contribution in [1.29, 1.82) is 0 Å². The molecule has 1 aliphatic heterocycles. The first-order chi connectivity index (χ1) is 15.1. The first-order valence-electron chi connectivity index (χ1n) is 10.4. The van der Waals surface area contributed by atoms with Gasteiger partial charge in [-0.3, -0.25) is 9.48 Å². The second kappa shape index (κ2) is 7.83. The standard InChI is InChI=1S/C24H23N5O2/c1-16-8-10-18(11-9-16)24(30)29-13-12-20-19(15-29)22(26-28(20)2)23-25-21(27-31-23)14-17-6-4-3-5-7-17/h3-11H,12-15H2,1-2H3. The number of fused-ring (bicyclic) bond motifs is 1. The van der Waals surface area contributed by atoms with Gasteiger partial charge in [0.15, 0.2) is 11.5 Å². The number of aromatic nitrogens is 4. The maximum Gasteiger partial charge on any atom is 0.278 e. The molecule has 31 heavy (non-hydrogen) atoms. The molecule has 0 spiro atoms. The Morgan fingerprint density at radius 1 is 1.10 bits per heavy atom. The van der Waals surface area contributed by atoms with Gasteiger partial charge in [-0.2, -0.15) is 10.1 Å². The fraction of sp³-hybridized carbons (Fsp3) is 0.250. The van der Waals surface area contributed by atoms with Crippen molar-refractivity contribution in [3.05, 3.63) is 88.4 Å². The lowest BCUT2D eigenvalue weighted by Gasteiger charge is -2.27. The zero-order valence-electron chi connectivity index (χ0n) is 17.6. The highest BCUT2D eigenvalue weighted by Gasteiger charge is 2.29. The summed E-state index contributed by atoms with van der Waals surface area (Å²) in [7, 11) is 1.92.